The van der Waals surface area contributed by atoms with Crippen molar-refractivity contribution in [3.8, 4) is 6.07 Å². The molecule has 0 aliphatic rings. The Labute approximate surface area is 66.9 Å². The predicted molar refractivity (Wildman–Crippen MR) is 36.9 cm³/mol. The first-order chi connectivity index (χ1) is 5.57. The number of alkyl halides is 2. The highest BCUT2D eigenvalue weighted by molar-refractivity contribution is 6.45. The number of nitrogens with two attached hydrogens (primary N) is 1. The molecule has 0 amide bonds. The average molecular weight is 176 g/mol. The van der Waals surface area contributed by atoms with E-state index in [0.29, 0.717) is 0 Å². The molecule has 0 aromatic heterocycles. The molecule has 0 spiro atoms. The fraction of sp³-hybridized carbons (Fsp3) is 0.400. The van der Waals surface area contributed by atoms with Gasteiger partial charge in [-0.2, -0.15) is 5.26 Å². The molecule has 0 saturated carbocycles. The van der Waals surface area contributed by atoms with Crippen molar-refractivity contribution >= 4 is 11.5 Å². The number of hydrogen-bond acceptors (Lipinski definition) is 4. The van der Waals surface area contributed by atoms with E-state index < -0.39 is 24.6 Å². The summed E-state index contributed by atoms with van der Waals surface area (Å²) in [6.07, 6.45) is -2.67. The molecule has 0 aliphatic heterocycles. The molecule has 0 aliphatic carbocycles. The van der Waals surface area contributed by atoms with Gasteiger partial charge in [-0.05, 0) is 0 Å². The summed E-state index contributed by atoms with van der Waals surface area (Å²) in [7, 11) is 0. The van der Waals surface area contributed by atoms with Gasteiger partial charge in [0.15, 0.2) is 12.4 Å². The maximum Gasteiger partial charge on any atom is 0.274 e. The van der Waals surface area contributed by atoms with Crippen molar-refractivity contribution in [2.75, 3.05) is 6.61 Å². The normalized spacial score (nSPS) is 11.0. The first-order valence-corrected chi connectivity index (χ1v) is 2.80. The lowest BCUT2D eigenvalue weighted by Crippen LogP contribution is -2.21. The van der Waals surface area contributed by atoms with E-state index >= 15 is 0 Å². The first-order valence-electron chi connectivity index (χ1n) is 2.80. The summed E-state index contributed by atoms with van der Waals surface area (Å²) in [5.41, 5.74) is 4.31. The van der Waals surface area contributed by atoms with Crippen LogP contribution in [0.2, 0.25) is 0 Å². The molecular formula is C5H6F2N4O. The number of hydrogen-bond donors (Lipinski definition) is 2. The van der Waals surface area contributed by atoms with E-state index in [1.165, 1.54) is 6.07 Å². The van der Waals surface area contributed by atoms with Crippen molar-refractivity contribution in [3.63, 3.8) is 0 Å². The Morgan fingerprint density at radius 1 is 1.75 bits per heavy atom. The summed E-state index contributed by atoms with van der Waals surface area (Å²) < 4.78 is 22.9. The van der Waals surface area contributed by atoms with Crippen LogP contribution in [0.15, 0.2) is 5.16 Å². The molecule has 0 atom stereocenters. The monoisotopic (exact) mass is 176 g/mol. The smallest absolute Gasteiger partial charge is 0.274 e. The molecule has 0 heterocycles. The Bertz CT molecular complexity index is 232. The summed E-state index contributed by atoms with van der Waals surface area (Å²) in [6.45, 7) is -0.918. The molecule has 0 saturated heterocycles. The molecule has 66 valence electrons. The Balaban J connectivity index is 3.98. The molecule has 0 rings (SSSR count). The third-order valence-electron chi connectivity index (χ3n) is 0.717. The van der Waals surface area contributed by atoms with E-state index in [0.717, 1.165) is 0 Å². The number of nitriles is 1. The van der Waals surface area contributed by atoms with Crippen molar-refractivity contribution < 1.29 is 13.6 Å². The number of rotatable bonds is 4. The molecule has 0 bridgehead atoms. The highest BCUT2D eigenvalue weighted by Gasteiger charge is 2.04. The van der Waals surface area contributed by atoms with Crippen LogP contribution in [0.4, 0.5) is 8.78 Å². The van der Waals surface area contributed by atoms with Crippen LogP contribution in [0, 0.1) is 16.7 Å². The van der Waals surface area contributed by atoms with Gasteiger partial charge in [0.1, 0.15) is 6.07 Å². The third-order valence-corrected chi connectivity index (χ3v) is 0.717. The molecule has 0 aromatic carbocycles. The largest absolute Gasteiger partial charge is 0.389 e. The zero-order valence-corrected chi connectivity index (χ0v) is 5.92. The fourth-order valence-corrected chi connectivity index (χ4v) is 0.288. The van der Waals surface area contributed by atoms with Gasteiger partial charge in [0.2, 0.25) is 5.71 Å². The van der Waals surface area contributed by atoms with E-state index in [4.69, 9.17) is 16.4 Å². The quantitative estimate of drug-likeness (QED) is 0.360. The van der Waals surface area contributed by atoms with E-state index in [-0.39, 0.29) is 0 Å². The lowest BCUT2D eigenvalue weighted by molar-refractivity contribution is 0.0206. The van der Waals surface area contributed by atoms with Crippen LogP contribution in [0.1, 0.15) is 0 Å². The molecule has 7 heteroatoms. The minimum absolute atomic E-state index is 0.518. The molecule has 0 unspecified atom stereocenters. The highest BCUT2D eigenvalue weighted by Crippen LogP contribution is 1.92. The van der Waals surface area contributed by atoms with E-state index in [1.54, 1.807) is 0 Å². The molecule has 0 radical (unpaired) electrons. The highest BCUT2D eigenvalue weighted by atomic mass is 19.3. The van der Waals surface area contributed by atoms with Gasteiger partial charge in [-0.3, -0.25) is 5.41 Å². The fourth-order valence-electron chi connectivity index (χ4n) is 0.288. The molecule has 12 heavy (non-hydrogen) atoms. The number of halogens is 2. The number of oxime groups is 1. The zero-order valence-electron chi connectivity index (χ0n) is 5.92. The van der Waals surface area contributed by atoms with Gasteiger partial charge >= 0.3 is 0 Å². The van der Waals surface area contributed by atoms with Gasteiger partial charge in [0.05, 0.1) is 0 Å². The second-order valence-corrected chi connectivity index (χ2v) is 1.65. The summed E-state index contributed by atoms with van der Waals surface area (Å²) in [5, 5.41) is 17.8. The van der Waals surface area contributed by atoms with Gasteiger partial charge in [-0.1, -0.05) is 5.16 Å². The molecule has 5 nitrogen and oxygen atoms in total. The van der Waals surface area contributed by atoms with E-state index in [1.807, 2.05) is 0 Å². The zero-order chi connectivity index (χ0) is 9.56. The Morgan fingerprint density at radius 2 is 2.33 bits per heavy atom. The van der Waals surface area contributed by atoms with Crippen LogP contribution < -0.4 is 5.73 Å². The molecule has 0 aromatic rings. The van der Waals surface area contributed by atoms with Gasteiger partial charge in [-0.15, -0.1) is 0 Å². The van der Waals surface area contributed by atoms with E-state index in [2.05, 4.69) is 9.99 Å². The van der Waals surface area contributed by atoms with Gasteiger partial charge in [-0.25, -0.2) is 8.78 Å². The second kappa shape index (κ2) is 5.01. The molecular weight excluding hydrogens is 170 g/mol. The number of nitrogens with one attached hydrogen (secondary N) is 1. The van der Waals surface area contributed by atoms with Gasteiger partial charge in [0.25, 0.3) is 6.43 Å². The lowest BCUT2D eigenvalue weighted by atomic mass is 10.4. The summed E-state index contributed by atoms with van der Waals surface area (Å²) in [6, 6.07) is 1.41. The third kappa shape index (κ3) is 4.16. The number of amidine groups is 1. The molecule has 3 N–H and O–H groups in total. The van der Waals surface area contributed by atoms with Crippen LogP contribution in [0.3, 0.4) is 0 Å². The summed E-state index contributed by atoms with van der Waals surface area (Å²) >= 11 is 0. The minimum atomic E-state index is -2.67. The second-order valence-electron chi connectivity index (χ2n) is 1.65. The molecule has 0 fully saturated rings. The first kappa shape index (κ1) is 10.3. The average Bonchev–Trinajstić information content (AvgIpc) is 1.96. The van der Waals surface area contributed by atoms with Crippen LogP contribution in [0.25, 0.3) is 0 Å². The number of nitrogens with zero attached hydrogens (tertiary/aromatic N) is 2. The summed E-state index contributed by atoms with van der Waals surface area (Å²) in [4.78, 5) is 4.00. The van der Waals surface area contributed by atoms with Gasteiger partial charge in [0, 0.05) is 0 Å². The predicted octanol–water partition coefficient (Wildman–Crippen LogP) is 0.0837. The van der Waals surface area contributed by atoms with Crippen LogP contribution in [0.5, 0.6) is 0 Å². The van der Waals surface area contributed by atoms with Crippen molar-refractivity contribution in [1.82, 2.24) is 0 Å². The Hall–Kier alpha value is -1.71. The maximum absolute atomic E-state index is 11.4. The van der Waals surface area contributed by atoms with Crippen LogP contribution in [-0.2, 0) is 4.84 Å². The maximum atomic E-state index is 11.4. The Morgan fingerprint density at radius 3 is 2.67 bits per heavy atom. The van der Waals surface area contributed by atoms with Crippen LogP contribution >= 0.6 is 0 Å². The topological polar surface area (TPSA) is 95.2 Å². The Kier molecular flexibility index (Phi) is 4.30. The van der Waals surface area contributed by atoms with Gasteiger partial charge < -0.3 is 10.6 Å². The van der Waals surface area contributed by atoms with Crippen molar-refractivity contribution in [1.29, 1.82) is 10.7 Å². The lowest BCUT2D eigenvalue weighted by Gasteiger charge is -1.97. The standard InChI is InChI=1S/C5H6F2N4O/c6-4(7)2-12-11-3(1-8)5(9)10/h4H,2H2,(H3,9,10)/b11-3+. The van der Waals surface area contributed by atoms with E-state index in [9.17, 15) is 8.78 Å². The van der Waals surface area contributed by atoms with Crippen LogP contribution in [-0.4, -0.2) is 24.6 Å². The summed E-state index contributed by atoms with van der Waals surface area (Å²) in [5.74, 6) is -0.619. The minimum Gasteiger partial charge on any atom is -0.389 e. The van der Waals surface area contributed by atoms with Crippen molar-refractivity contribution in [3.05, 3.63) is 0 Å². The van der Waals surface area contributed by atoms with Crippen molar-refractivity contribution in [2.45, 2.75) is 6.43 Å². The van der Waals surface area contributed by atoms with Crippen molar-refractivity contribution in [2.24, 2.45) is 10.9 Å². The SMILES string of the molecule is N#C/C(=N\OCC(F)F)C(=N)N.